The summed E-state index contributed by atoms with van der Waals surface area (Å²) in [6.45, 7) is 1.34. The highest BCUT2D eigenvalue weighted by Gasteiger charge is 2.66. The molecular formula is C14H15BrF3NO2. The number of hydrogen-bond donors (Lipinski definition) is 2. The van der Waals surface area contributed by atoms with E-state index < -0.39 is 30.0 Å². The smallest absolute Gasteiger partial charge is 0.406 e. The summed E-state index contributed by atoms with van der Waals surface area (Å²) < 4.78 is 40.8. The van der Waals surface area contributed by atoms with Crippen LogP contribution >= 0.6 is 15.9 Å². The van der Waals surface area contributed by atoms with Crippen LogP contribution in [0.3, 0.4) is 0 Å². The lowest BCUT2D eigenvalue weighted by Crippen LogP contribution is -2.51. The molecule has 2 rings (SSSR count). The molecule has 1 aliphatic rings. The maximum Gasteiger partial charge on any atom is 0.406 e. The fraction of sp³-hybridized carbons (Fsp3) is 0.500. The van der Waals surface area contributed by atoms with Crippen molar-refractivity contribution in [2.45, 2.75) is 19.5 Å². The number of halogens is 4. The van der Waals surface area contributed by atoms with Crippen LogP contribution in [0.2, 0.25) is 0 Å². The predicted molar refractivity (Wildman–Crippen MR) is 75.1 cm³/mol. The van der Waals surface area contributed by atoms with E-state index in [9.17, 15) is 23.1 Å². The van der Waals surface area contributed by atoms with Gasteiger partial charge in [-0.25, -0.2) is 0 Å². The fourth-order valence-electron chi connectivity index (χ4n) is 2.76. The third-order valence-corrected chi connectivity index (χ3v) is 4.95. The van der Waals surface area contributed by atoms with Crippen LogP contribution in [-0.2, 0) is 11.2 Å². The Hall–Kier alpha value is -1.08. The molecule has 116 valence electrons. The Morgan fingerprint density at radius 3 is 2.71 bits per heavy atom. The predicted octanol–water partition coefficient (Wildman–Crippen LogP) is 3.15. The van der Waals surface area contributed by atoms with Crippen molar-refractivity contribution >= 4 is 21.9 Å². The minimum atomic E-state index is -4.78. The molecule has 0 radical (unpaired) electrons. The molecule has 2 N–H and O–H groups in total. The van der Waals surface area contributed by atoms with E-state index in [4.69, 9.17) is 0 Å². The molecule has 0 aromatic heterocycles. The molecule has 1 heterocycles. The summed E-state index contributed by atoms with van der Waals surface area (Å²) in [6.07, 6.45) is -4.72. The molecule has 7 heteroatoms. The Balaban J connectivity index is 2.33. The standard InChI is InChI=1S/C14H15BrF3NO2/c1-8-2-3-9(5-11(8)15)4-10-6-19-7-13(10,12(20)21)14(16,17)18/h2-3,5,10,19H,4,6-7H2,1H3,(H,20,21)/t10-,13-/m1/s1. The second-order valence-electron chi connectivity index (χ2n) is 5.39. The van der Waals surface area contributed by atoms with Crippen molar-refractivity contribution in [3.05, 3.63) is 33.8 Å². The van der Waals surface area contributed by atoms with E-state index in [0.717, 1.165) is 10.0 Å². The molecule has 0 bridgehead atoms. The van der Waals surface area contributed by atoms with E-state index in [-0.39, 0.29) is 13.0 Å². The zero-order valence-corrected chi connectivity index (χ0v) is 12.9. The molecule has 0 saturated carbocycles. The third kappa shape index (κ3) is 2.81. The van der Waals surface area contributed by atoms with Crippen molar-refractivity contribution < 1.29 is 23.1 Å². The van der Waals surface area contributed by atoms with Gasteiger partial charge in [-0.2, -0.15) is 13.2 Å². The van der Waals surface area contributed by atoms with Crippen molar-refractivity contribution in [3.8, 4) is 0 Å². The lowest BCUT2D eigenvalue weighted by Gasteiger charge is -2.32. The SMILES string of the molecule is Cc1ccc(C[C@@H]2CNC[C@@]2(C(=O)O)C(F)(F)F)cc1Br. The Kier molecular flexibility index (Phi) is 4.35. The number of rotatable bonds is 3. The van der Waals surface area contributed by atoms with E-state index in [1.807, 2.05) is 6.92 Å². The fourth-order valence-corrected chi connectivity index (χ4v) is 3.19. The number of benzene rings is 1. The van der Waals surface area contributed by atoms with Gasteiger partial charge in [-0.3, -0.25) is 4.79 Å². The quantitative estimate of drug-likeness (QED) is 0.864. The minimum absolute atomic E-state index is 0.0390. The number of aryl methyl sites for hydroxylation is 1. The maximum absolute atomic E-state index is 13.3. The topological polar surface area (TPSA) is 49.3 Å². The number of alkyl halides is 3. The summed E-state index contributed by atoms with van der Waals surface area (Å²) in [6, 6.07) is 5.29. The van der Waals surface area contributed by atoms with Gasteiger partial charge in [-0.1, -0.05) is 28.1 Å². The lowest BCUT2D eigenvalue weighted by atomic mass is 9.74. The number of aliphatic carboxylic acids is 1. The van der Waals surface area contributed by atoms with Crippen LogP contribution in [0.4, 0.5) is 13.2 Å². The molecule has 3 nitrogen and oxygen atoms in total. The number of carboxylic acid groups (broad SMARTS) is 1. The van der Waals surface area contributed by atoms with Gasteiger partial charge in [-0.05, 0) is 37.1 Å². The van der Waals surface area contributed by atoms with Crippen LogP contribution in [0, 0.1) is 18.3 Å². The molecule has 0 spiro atoms. The van der Waals surface area contributed by atoms with E-state index in [1.54, 1.807) is 18.2 Å². The van der Waals surface area contributed by atoms with Crippen LogP contribution in [0.5, 0.6) is 0 Å². The van der Waals surface area contributed by atoms with Gasteiger partial charge in [0.1, 0.15) is 0 Å². The van der Waals surface area contributed by atoms with E-state index in [1.165, 1.54) is 0 Å². The number of carboxylic acids is 1. The molecule has 0 unspecified atom stereocenters. The molecular weight excluding hydrogens is 351 g/mol. The van der Waals surface area contributed by atoms with Gasteiger partial charge >= 0.3 is 12.1 Å². The van der Waals surface area contributed by atoms with Gasteiger partial charge in [0.2, 0.25) is 0 Å². The summed E-state index contributed by atoms with van der Waals surface area (Å²) in [4.78, 5) is 11.3. The Labute approximate surface area is 128 Å². The van der Waals surface area contributed by atoms with Gasteiger partial charge < -0.3 is 10.4 Å². The van der Waals surface area contributed by atoms with Crippen LogP contribution in [0.25, 0.3) is 0 Å². The number of hydrogen-bond acceptors (Lipinski definition) is 2. The van der Waals surface area contributed by atoms with Crippen LogP contribution in [0.15, 0.2) is 22.7 Å². The minimum Gasteiger partial charge on any atom is -0.481 e. The van der Waals surface area contributed by atoms with Crippen LogP contribution in [0.1, 0.15) is 11.1 Å². The van der Waals surface area contributed by atoms with Gasteiger partial charge in [0, 0.05) is 16.9 Å². The molecule has 0 amide bonds. The first-order chi connectivity index (χ1) is 9.68. The first-order valence-corrected chi connectivity index (χ1v) is 7.23. The van der Waals surface area contributed by atoms with Crippen molar-refractivity contribution in [3.63, 3.8) is 0 Å². The Bertz CT molecular complexity index is 562. The zero-order valence-electron chi connectivity index (χ0n) is 11.3. The van der Waals surface area contributed by atoms with Crippen molar-refractivity contribution in [2.24, 2.45) is 11.3 Å². The molecule has 2 atom stereocenters. The molecule has 21 heavy (non-hydrogen) atoms. The Morgan fingerprint density at radius 1 is 1.52 bits per heavy atom. The highest BCUT2D eigenvalue weighted by atomic mass is 79.9. The van der Waals surface area contributed by atoms with Crippen molar-refractivity contribution in [1.82, 2.24) is 5.32 Å². The van der Waals surface area contributed by atoms with Crippen molar-refractivity contribution in [1.29, 1.82) is 0 Å². The van der Waals surface area contributed by atoms with E-state index >= 15 is 0 Å². The molecule has 1 aromatic carbocycles. The van der Waals surface area contributed by atoms with Gasteiger partial charge in [0.25, 0.3) is 0 Å². The largest absolute Gasteiger partial charge is 0.481 e. The summed E-state index contributed by atoms with van der Waals surface area (Å²) in [5.74, 6) is -2.83. The van der Waals surface area contributed by atoms with E-state index in [0.29, 0.717) is 5.56 Å². The average molecular weight is 366 g/mol. The number of nitrogens with one attached hydrogen (secondary N) is 1. The normalized spacial score (nSPS) is 26.0. The second kappa shape index (κ2) is 5.61. The average Bonchev–Trinajstić information content (AvgIpc) is 2.78. The molecule has 1 fully saturated rings. The summed E-state index contributed by atoms with van der Waals surface area (Å²) >= 11 is 3.34. The summed E-state index contributed by atoms with van der Waals surface area (Å²) in [5.41, 5.74) is -1.05. The van der Waals surface area contributed by atoms with Gasteiger partial charge in [0.15, 0.2) is 5.41 Å². The molecule has 1 saturated heterocycles. The van der Waals surface area contributed by atoms with Crippen LogP contribution < -0.4 is 5.32 Å². The summed E-state index contributed by atoms with van der Waals surface area (Å²) in [5, 5.41) is 11.8. The van der Waals surface area contributed by atoms with E-state index in [2.05, 4.69) is 21.2 Å². The highest BCUT2D eigenvalue weighted by Crippen LogP contribution is 2.47. The maximum atomic E-state index is 13.3. The highest BCUT2D eigenvalue weighted by molar-refractivity contribution is 9.10. The molecule has 1 aromatic rings. The third-order valence-electron chi connectivity index (χ3n) is 4.10. The molecule has 1 aliphatic heterocycles. The van der Waals surface area contributed by atoms with Crippen LogP contribution in [-0.4, -0.2) is 30.3 Å². The second-order valence-corrected chi connectivity index (χ2v) is 6.24. The zero-order chi connectivity index (χ0) is 15.8. The Morgan fingerprint density at radius 2 is 2.19 bits per heavy atom. The first kappa shape index (κ1) is 16.3. The van der Waals surface area contributed by atoms with Crippen molar-refractivity contribution in [2.75, 3.05) is 13.1 Å². The monoisotopic (exact) mass is 365 g/mol. The summed E-state index contributed by atoms with van der Waals surface area (Å²) in [7, 11) is 0. The number of carbonyl (C=O) groups is 1. The van der Waals surface area contributed by atoms with Gasteiger partial charge in [-0.15, -0.1) is 0 Å². The first-order valence-electron chi connectivity index (χ1n) is 6.44. The molecule has 0 aliphatic carbocycles. The lowest BCUT2D eigenvalue weighted by molar-refractivity contribution is -0.236. The van der Waals surface area contributed by atoms with Gasteiger partial charge in [0.05, 0.1) is 0 Å².